The quantitative estimate of drug-likeness (QED) is 0.135. The van der Waals surface area contributed by atoms with Crippen LogP contribution in [-0.2, 0) is 29.0 Å². The molecule has 4 aromatic carbocycles. The number of ether oxygens (including phenoxy) is 1. The second kappa shape index (κ2) is 16.6. The summed E-state index contributed by atoms with van der Waals surface area (Å²) in [6.07, 6.45) is 6.62. The van der Waals surface area contributed by atoms with Crippen LogP contribution in [0.2, 0.25) is 0 Å². The van der Waals surface area contributed by atoms with Gasteiger partial charge in [-0.3, -0.25) is 9.69 Å². The van der Waals surface area contributed by atoms with Gasteiger partial charge in [0.2, 0.25) is 0 Å². The molecule has 0 radical (unpaired) electrons. The Morgan fingerprint density at radius 1 is 0.733 bits per heavy atom. The molecule has 0 heterocycles. The van der Waals surface area contributed by atoms with Crippen LogP contribution in [0.4, 0.5) is 0 Å². The maximum absolute atomic E-state index is 13.2. The minimum atomic E-state index is -0.0246. The van der Waals surface area contributed by atoms with Crippen LogP contribution in [0.3, 0.4) is 0 Å². The van der Waals surface area contributed by atoms with Gasteiger partial charge < -0.3 is 4.74 Å². The van der Waals surface area contributed by atoms with Gasteiger partial charge in [0.15, 0.2) is 0 Å². The molecule has 4 atom stereocenters. The highest BCUT2D eigenvalue weighted by Gasteiger charge is 2.33. The predicted octanol–water partition coefficient (Wildman–Crippen LogP) is 10.1. The van der Waals surface area contributed by atoms with Gasteiger partial charge in [-0.05, 0) is 77.7 Å². The number of carbonyl (C=O) groups is 1. The van der Waals surface area contributed by atoms with Gasteiger partial charge in [0.1, 0.15) is 6.10 Å². The zero-order valence-corrected chi connectivity index (χ0v) is 27.5. The van der Waals surface area contributed by atoms with Crippen molar-refractivity contribution < 1.29 is 9.53 Å². The fourth-order valence-electron chi connectivity index (χ4n) is 7.06. The highest BCUT2D eigenvalue weighted by atomic mass is 16.5. The van der Waals surface area contributed by atoms with Crippen molar-refractivity contribution in [3.63, 3.8) is 0 Å². The molecule has 1 aliphatic carbocycles. The molecule has 0 spiro atoms. The van der Waals surface area contributed by atoms with E-state index in [1.165, 1.54) is 34.2 Å². The molecule has 0 bridgehead atoms. The van der Waals surface area contributed by atoms with Crippen LogP contribution < -0.4 is 0 Å². The first-order valence-corrected chi connectivity index (χ1v) is 17.1. The van der Waals surface area contributed by atoms with E-state index >= 15 is 0 Å². The summed E-state index contributed by atoms with van der Waals surface area (Å²) in [4.78, 5) is 15.8. The van der Waals surface area contributed by atoms with Gasteiger partial charge in [0.05, 0.1) is 0 Å². The van der Waals surface area contributed by atoms with E-state index in [9.17, 15) is 4.79 Å². The number of hydrogen-bond donors (Lipinski definition) is 0. The predicted molar refractivity (Wildman–Crippen MR) is 187 cm³/mol. The molecule has 1 saturated carbocycles. The summed E-state index contributed by atoms with van der Waals surface area (Å²) in [6, 6.07) is 41.4. The van der Waals surface area contributed by atoms with Gasteiger partial charge in [0.25, 0.3) is 0 Å². The molecule has 0 amide bonds. The summed E-state index contributed by atoms with van der Waals surface area (Å²) in [7, 11) is 0. The lowest BCUT2D eigenvalue weighted by atomic mass is 9.75. The smallest absolute Gasteiger partial charge is 0.306 e. The standard InChI is InChI=1S/C42H51NO2/c1-32(2)40-27-22-33(3)28-41(40)45-42(44)21-13-20-39(29-34-23-25-38(26-24-34)37-18-11-6-12-19-37)43(30-35-14-7-4-8-15-35)31-36-16-9-5-10-17-36/h4-12,14-19,23-26,32-33,39-41H,13,20-22,27-31H2,1-3H3/t33-,39?,40+,41-/m0/s1. The third kappa shape index (κ3) is 9.90. The van der Waals surface area contributed by atoms with E-state index in [2.05, 4.69) is 141 Å². The van der Waals surface area contributed by atoms with E-state index in [1.54, 1.807) is 0 Å². The van der Waals surface area contributed by atoms with Crippen LogP contribution in [0, 0.1) is 17.8 Å². The molecular weight excluding hydrogens is 550 g/mol. The Labute approximate surface area is 271 Å². The number of carbonyl (C=O) groups excluding carboxylic acids is 1. The summed E-state index contributed by atoms with van der Waals surface area (Å²) < 4.78 is 6.19. The van der Waals surface area contributed by atoms with E-state index in [0.29, 0.717) is 24.2 Å². The fourth-order valence-corrected chi connectivity index (χ4v) is 7.06. The minimum absolute atomic E-state index is 0.0246. The molecule has 236 valence electrons. The van der Waals surface area contributed by atoms with Crippen molar-refractivity contribution in [2.24, 2.45) is 17.8 Å². The highest BCUT2D eigenvalue weighted by Crippen LogP contribution is 2.35. The maximum Gasteiger partial charge on any atom is 0.306 e. The molecule has 1 fully saturated rings. The van der Waals surface area contributed by atoms with Gasteiger partial charge >= 0.3 is 5.97 Å². The van der Waals surface area contributed by atoms with Gasteiger partial charge in [-0.1, -0.05) is 142 Å². The lowest BCUT2D eigenvalue weighted by Crippen LogP contribution is -2.37. The van der Waals surface area contributed by atoms with Crippen LogP contribution >= 0.6 is 0 Å². The van der Waals surface area contributed by atoms with Gasteiger partial charge in [-0.2, -0.15) is 0 Å². The fraction of sp³-hybridized carbons (Fsp3) is 0.405. The molecule has 3 heteroatoms. The molecule has 0 aliphatic heterocycles. The molecular formula is C42H51NO2. The molecule has 3 nitrogen and oxygen atoms in total. The summed E-state index contributed by atoms with van der Waals surface area (Å²) in [5, 5.41) is 0. The Bertz CT molecular complexity index is 1380. The average Bonchev–Trinajstić information content (AvgIpc) is 3.05. The summed E-state index contributed by atoms with van der Waals surface area (Å²) in [6.45, 7) is 8.56. The number of esters is 1. The Kier molecular flexibility index (Phi) is 12.0. The van der Waals surface area contributed by atoms with Crippen molar-refractivity contribution in [1.29, 1.82) is 0 Å². The number of hydrogen-bond acceptors (Lipinski definition) is 3. The van der Waals surface area contributed by atoms with Crippen molar-refractivity contribution in [2.75, 3.05) is 0 Å². The van der Waals surface area contributed by atoms with Crippen molar-refractivity contribution in [2.45, 2.75) is 91.0 Å². The molecule has 5 rings (SSSR count). The third-order valence-corrected chi connectivity index (χ3v) is 9.67. The first kappa shape index (κ1) is 32.7. The van der Waals surface area contributed by atoms with Crippen molar-refractivity contribution in [1.82, 2.24) is 4.90 Å². The van der Waals surface area contributed by atoms with Crippen LogP contribution in [0.25, 0.3) is 11.1 Å². The summed E-state index contributed by atoms with van der Waals surface area (Å²) in [5.74, 6) is 1.62. The average molecular weight is 602 g/mol. The summed E-state index contributed by atoms with van der Waals surface area (Å²) >= 11 is 0. The molecule has 1 aliphatic rings. The van der Waals surface area contributed by atoms with Crippen LogP contribution in [0.1, 0.15) is 76.0 Å². The van der Waals surface area contributed by atoms with Crippen LogP contribution in [0.15, 0.2) is 115 Å². The maximum atomic E-state index is 13.2. The summed E-state index contributed by atoms with van der Waals surface area (Å²) in [5.41, 5.74) is 6.41. The molecule has 1 unspecified atom stereocenters. The monoisotopic (exact) mass is 601 g/mol. The zero-order valence-electron chi connectivity index (χ0n) is 27.5. The molecule has 45 heavy (non-hydrogen) atoms. The van der Waals surface area contributed by atoms with E-state index in [4.69, 9.17) is 4.74 Å². The first-order valence-electron chi connectivity index (χ1n) is 17.1. The van der Waals surface area contributed by atoms with Crippen molar-refractivity contribution in [3.8, 4) is 11.1 Å². The van der Waals surface area contributed by atoms with E-state index in [-0.39, 0.29) is 18.1 Å². The first-order chi connectivity index (χ1) is 21.9. The molecule has 4 aromatic rings. The Balaban J connectivity index is 1.32. The largest absolute Gasteiger partial charge is 0.462 e. The molecule has 0 saturated heterocycles. The SMILES string of the molecule is CC(C)[C@H]1CC[C@H](C)C[C@@H]1OC(=O)CCCC(Cc1ccc(-c2ccccc2)cc1)N(Cc1ccccc1)Cc1ccccc1. The zero-order chi connectivity index (χ0) is 31.4. The van der Waals surface area contributed by atoms with Crippen LogP contribution in [0.5, 0.6) is 0 Å². The number of rotatable bonds is 14. The van der Waals surface area contributed by atoms with Gasteiger partial charge in [0, 0.05) is 25.6 Å². The highest BCUT2D eigenvalue weighted by molar-refractivity contribution is 5.69. The van der Waals surface area contributed by atoms with Crippen LogP contribution in [-0.4, -0.2) is 23.0 Å². The normalized spacial score (nSPS) is 19.0. The molecule has 0 aromatic heterocycles. The lowest BCUT2D eigenvalue weighted by Gasteiger charge is -2.36. The van der Waals surface area contributed by atoms with Crippen molar-refractivity contribution in [3.05, 3.63) is 132 Å². The number of benzene rings is 4. The van der Waals surface area contributed by atoms with Gasteiger partial charge in [-0.15, -0.1) is 0 Å². The molecule has 0 N–H and O–H groups in total. The topological polar surface area (TPSA) is 29.5 Å². The Morgan fingerprint density at radius 3 is 1.87 bits per heavy atom. The minimum Gasteiger partial charge on any atom is -0.462 e. The number of nitrogens with zero attached hydrogens (tertiary/aromatic N) is 1. The van der Waals surface area contributed by atoms with E-state index in [0.717, 1.165) is 45.2 Å². The van der Waals surface area contributed by atoms with Gasteiger partial charge in [-0.25, -0.2) is 0 Å². The Hall–Kier alpha value is -3.69. The Morgan fingerprint density at radius 2 is 1.29 bits per heavy atom. The second-order valence-corrected chi connectivity index (χ2v) is 13.5. The lowest BCUT2D eigenvalue weighted by molar-refractivity contribution is -0.156. The van der Waals surface area contributed by atoms with E-state index < -0.39 is 0 Å². The van der Waals surface area contributed by atoms with E-state index in [1.807, 2.05) is 0 Å². The second-order valence-electron chi connectivity index (χ2n) is 13.5. The van der Waals surface area contributed by atoms with Crippen molar-refractivity contribution >= 4 is 5.97 Å². The third-order valence-electron chi connectivity index (χ3n) is 9.67.